The van der Waals surface area contributed by atoms with Crippen LogP contribution >= 0.6 is 0 Å². The Bertz CT molecular complexity index is 595. The van der Waals surface area contributed by atoms with E-state index in [-0.39, 0.29) is 35.9 Å². The van der Waals surface area contributed by atoms with Gasteiger partial charge in [-0.05, 0) is 48.3 Å². The number of fused-ring (bicyclic) bond motifs is 4. The van der Waals surface area contributed by atoms with Crippen molar-refractivity contribution in [3.63, 3.8) is 0 Å². The average molecular weight is 322 g/mol. The summed E-state index contributed by atoms with van der Waals surface area (Å²) in [6, 6.07) is 0. The van der Waals surface area contributed by atoms with Crippen LogP contribution in [0.5, 0.6) is 0 Å². The standard InChI is InChI=1S/C12H18O6S2/c1-19(13,14)17-11-7-3-6-8-4-5(7)10(9(6)11)12(8)18-20(2,15)16/h5-12H,3-4H2,1-2H3/t5-,6+,7-,8+,9-,10+,11-,12+. The van der Waals surface area contributed by atoms with Gasteiger partial charge in [-0.2, -0.15) is 16.8 Å². The molecular formula is C12H18O6S2. The molecule has 0 N–H and O–H groups in total. The van der Waals surface area contributed by atoms with E-state index < -0.39 is 20.2 Å². The molecule has 0 saturated heterocycles. The van der Waals surface area contributed by atoms with Gasteiger partial charge in [-0.25, -0.2) is 0 Å². The van der Waals surface area contributed by atoms with Crippen LogP contribution in [0.4, 0.5) is 0 Å². The van der Waals surface area contributed by atoms with Crippen LogP contribution in [0.15, 0.2) is 0 Å². The van der Waals surface area contributed by atoms with Gasteiger partial charge < -0.3 is 0 Å². The third-order valence-electron chi connectivity index (χ3n) is 5.80. The minimum Gasteiger partial charge on any atom is -0.266 e. The van der Waals surface area contributed by atoms with Gasteiger partial charge in [0, 0.05) is 0 Å². The molecule has 4 fully saturated rings. The van der Waals surface area contributed by atoms with Crippen molar-refractivity contribution < 1.29 is 25.2 Å². The van der Waals surface area contributed by atoms with Gasteiger partial charge in [0.1, 0.15) is 0 Å². The zero-order valence-corrected chi connectivity index (χ0v) is 12.9. The van der Waals surface area contributed by atoms with E-state index in [0.29, 0.717) is 11.8 Å². The van der Waals surface area contributed by atoms with E-state index in [2.05, 4.69) is 0 Å². The first-order valence-electron chi connectivity index (χ1n) is 6.92. The van der Waals surface area contributed by atoms with Crippen LogP contribution in [0.25, 0.3) is 0 Å². The summed E-state index contributed by atoms with van der Waals surface area (Å²) in [5.74, 6) is 1.57. The fourth-order valence-electron chi connectivity index (χ4n) is 5.71. The maximum absolute atomic E-state index is 11.4. The Balaban J connectivity index is 1.64. The van der Waals surface area contributed by atoms with Gasteiger partial charge in [-0.3, -0.25) is 8.37 Å². The average Bonchev–Trinajstić information content (AvgIpc) is 2.89. The Kier molecular flexibility index (Phi) is 2.54. The second-order valence-corrected chi connectivity index (χ2v) is 10.0. The quantitative estimate of drug-likeness (QED) is 0.688. The SMILES string of the molecule is CS(=O)(=O)O[C@@H]1[C@@H]2C[C@H]3[C@@H]4C[C@H]2[C@H]([C@H]4OS(C)(=O)=O)[C@@H]31. The maximum atomic E-state index is 11.4. The Hall–Kier alpha value is -0.180. The summed E-state index contributed by atoms with van der Waals surface area (Å²) in [6.45, 7) is 0. The smallest absolute Gasteiger partial charge is 0.264 e. The predicted molar refractivity (Wildman–Crippen MR) is 69.6 cm³/mol. The second-order valence-electron chi connectivity index (χ2n) is 6.81. The second kappa shape index (κ2) is 3.77. The Morgan fingerprint density at radius 2 is 1.05 bits per heavy atom. The number of hydrogen-bond acceptors (Lipinski definition) is 6. The van der Waals surface area contributed by atoms with E-state index in [1.165, 1.54) is 0 Å². The summed E-state index contributed by atoms with van der Waals surface area (Å²) in [7, 11) is -6.94. The van der Waals surface area contributed by atoms with Crippen molar-refractivity contribution >= 4 is 20.2 Å². The van der Waals surface area contributed by atoms with Gasteiger partial charge in [0.2, 0.25) is 0 Å². The molecule has 4 bridgehead atoms. The zero-order chi connectivity index (χ0) is 14.4. The van der Waals surface area contributed by atoms with Crippen molar-refractivity contribution in [2.24, 2.45) is 35.5 Å². The van der Waals surface area contributed by atoms with Gasteiger partial charge in [-0.1, -0.05) is 0 Å². The number of rotatable bonds is 4. The first-order valence-corrected chi connectivity index (χ1v) is 10.6. The van der Waals surface area contributed by atoms with Crippen molar-refractivity contribution in [1.82, 2.24) is 0 Å². The molecular weight excluding hydrogens is 304 g/mol. The highest BCUT2D eigenvalue weighted by molar-refractivity contribution is 7.86. The highest BCUT2D eigenvalue weighted by Gasteiger charge is 2.74. The molecule has 4 aliphatic rings. The molecule has 4 aliphatic carbocycles. The summed E-state index contributed by atoms with van der Waals surface area (Å²) in [6.07, 6.45) is 3.57. The van der Waals surface area contributed by atoms with Crippen molar-refractivity contribution in [1.29, 1.82) is 0 Å². The van der Waals surface area contributed by atoms with Crippen LogP contribution in [0.1, 0.15) is 12.8 Å². The molecule has 20 heavy (non-hydrogen) atoms. The minimum absolute atomic E-state index is 0.158. The fraction of sp³-hybridized carbons (Fsp3) is 1.00. The van der Waals surface area contributed by atoms with E-state index >= 15 is 0 Å². The Labute approximate surface area is 119 Å². The Morgan fingerprint density at radius 3 is 1.35 bits per heavy atom. The lowest BCUT2D eigenvalue weighted by Gasteiger charge is -2.32. The lowest BCUT2D eigenvalue weighted by Crippen LogP contribution is -2.28. The first kappa shape index (κ1) is 13.5. The molecule has 0 unspecified atom stereocenters. The first-order chi connectivity index (χ1) is 9.16. The van der Waals surface area contributed by atoms with Crippen LogP contribution < -0.4 is 0 Å². The molecule has 0 spiro atoms. The van der Waals surface area contributed by atoms with Crippen LogP contribution in [-0.4, -0.2) is 41.6 Å². The largest absolute Gasteiger partial charge is 0.266 e. The third-order valence-corrected chi connectivity index (χ3v) is 6.94. The molecule has 0 heterocycles. The lowest BCUT2D eigenvalue weighted by molar-refractivity contribution is 0.129. The van der Waals surface area contributed by atoms with E-state index in [0.717, 1.165) is 25.4 Å². The van der Waals surface area contributed by atoms with E-state index in [4.69, 9.17) is 8.37 Å². The minimum atomic E-state index is -3.47. The van der Waals surface area contributed by atoms with Crippen molar-refractivity contribution in [3.8, 4) is 0 Å². The summed E-state index contributed by atoms with van der Waals surface area (Å²) < 4.78 is 56.3. The van der Waals surface area contributed by atoms with Gasteiger partial charge in [0.05, 0.1) is 24.7 Å². The van der Waals surface area contributed by atoms with Crippen LogP contribution in [-0.2, 0) is 28.6 Å². The fourth-order valence-corrected chi connectivity index (χ4v) is 7.06. The molecule has 114 valence electrons. The van der Waals surface area contributed by atoms with Gasteiger partial charge >= 0.3 is 0 Å². The predicted octanol–water partition coefficient (Wildman–Crippen LogP) is 0.208. The molecule has 0 aromatic carbocycles. The molecule has 4 rings (SSSR count). The molecule has 0 radical (unpaired) electrons. The molecule has 6 nitrogen and oxygen atoms in total. The molecule has 4 saturated carbocycles. The summed E-state index contributed by atoms with van der Waals surface area (Å²) in [5, 5.41) is 0. The Morgan fingerprint density at radius 1 is 0.700 bits per heavy atom. The molecule has 0 aliphatic heterocycles. The van der Waals surface area contributed by atoms with Crippen LogP contribution in [0.3, 0.4) is 0 Å². The summed E-state index contributed by atoms with van der Waals surface area (Å²) in [5.41, 5.74) is 0. The highest BCUT2D eigenvalue weighted by atomic mass is 32.2. The van der Waals surface area contributed by atoms with Crippen LogP contribution in [0, 0.1) is 35.5 Å². The molecule has 8 heteroatoms. The van der Waals surface area contributed by atoms with E-state index in [9.17, 15) is 16.8 Å². The molecule has 0 aromatic rings. The van der Waals surface area contributed by atoms with Gasteiger partial charge in [0.15, 0.2) is 0 Å². The van der Waals surface area contributed by atoms with Crippen molar-refractivity contribution in [2.75, 3.05) is 12.5 Å². The van der Waals surface area contributed by atoms with Crippen LogP contribution in [0.2, 0.25) is 0 Å². The summed E-state index contributed by atoms with van der Waals surface area (Å²) in [4.78, 5) is 0. The number of hydrogen-bond donors (Lipinski definition) is 0. The monoisotopic (exact) mass is 322 g/mol. The van der Waals surface area contributed by atoms with E-state index in [1.54, 1.807) is 0 Å². The van der Waals surface area contributed by atoms with E-state index in [1.807, 2.05) is 0 Å². The molecule has 0 amide bonds. The third kappa shape index (κ3) is 1.74. The molecule has 0 aromatic heterocycles. The molecule has 8 atom stereocenters. The lowest BCUT2D eigenvalue weighted by atomic mass is 9.71. The zero-order valence-electron chi connectivity index (χ0n) is 11.3. The summed E-state index contributed by atoms with van der Waals surface area (Å²) >= 11 is 0. The highest BCUT2D eigenvalue weighted by Crippen LogP contribution is 2.73. The van der Waals surface area contributed by atoms with Gasteiger partial charge in [-0.15, -0.1) is 0 Å². The normalized spacial score (nSPS) is 52.3. The maximum Gasteiger partial charge on any atom is 0.264 e. The van der Waals surface area contributed by atoms with Crippen molar-refractivity contribution in [2.45, 2.75) is 25.0 Å². The van der Waals surface area contributed by atoms with Gasteiger partial charge in [0.25, 0.3) is 20.2 Å². The topological polar surface area (TPSA) is 86.7 Å². The van der Waals surface area contributed by atoms with Crippen molar-refractivity contribution in [3.05, 3.63) is 0 Å².